The molecule has 0 saturated heterocycles. The van der Waals surface area contributed by atoms with Crippen molar-refractivity contribution in [3.8, 4) is 5.75 Å². The summed E-state index contributed by atoms with van der Waals surface area (Å²) in [5, 5.41) is 32.9. The zero-order chi connectivity index (χ0) is 21.3. The molecule has 0 aliphatic heterocycles. The number of amides is 2. The highest BCUT2D eigenvalue weighted by Crippen LogP contribution is 2.12. The Kier molecular flexibility index (Phi) is 9.77. The molecular weight excluding hydrogens is 386 g/mol. The molecule has 1 aromatic carbocycles. The maximum absolute atomic E-state index is 12.6. The van der Waals surface area contributed by atoms with Crippen molar-refractivity contribution < 1.29 is 29.7 Å². The van der Waals surface area contributed by atoms with Crippen molar-refractivity contribution in [3.63, 3.8) is 0 Å². The minimum Gasteiger partial charge on any atom is -0.508 e. The van der Waals surface area contributed by atoms with Crippen LogP contribution in [0.1, 0.15) is 18.9 Å². The van der Waals surface area contributed by atoms with Crippen LogP contribution in [0.5, 0.6) is 5.75 Å². The number of phenols is 1. The van der Waals surface area contributed by atoms with Gasteiger partial charge >= 0.3 is 5.97 Å². The zero-order valence-corrected chi connectivity index (χ0v) is 16.6. The molecule has 1 aromatic rings. The van der Waals surface area contributed by atoms with Crippen LogP contribution in [0.15, 0.2) is 24.3 Å². The molecule has 2 amide bonds. The van der Waals surface area contributed by atoms with Crippen molar-refractivity contribution in [2.24, 2.45) is 5.73 Å². The topological polar surface area (TPSA) is 162 Å². The molecule has 0 heterocycles. The van der Waals surface area contributed by atoms with Crippen molar-refractivity contribution in [1.29, 1.82) is 0 Å². The van der Waals surface area contributed by atoms with Crippen LogP contribution in [0.4, 0.5) is 0 Å². The van der Waals surface area contributed by atoms with Crippen molar-refractivity contribution in [3.05, 3.63) is 29.8 Å². The molecule has 0 aromatic heterocycles. The second kappa shape index (κ2) is 11.5. The monoisotopic (exact) mass is 413 g/mol. The molecule has 0 saturated carbocycles. The van der Waals surface area contributed by atoms with Gasteiger partial charge in [0.1, 0.15) is 11.8 Å². The number of aliphatic carboxylic acids is 1. The van der Waals surface area contributed by atoms with Gasteiger partial charge in [-0.05, 0) is 43.0 Å². The molecule has 1 rings (SSSR count). The first-order valence-electron chi connectivity index (χ1n) is 8.69. The average Bonchev–Trinajstić information content (AvgIpc) is 2.64. The molecule has 0 radical (unpaired) electrons. The van der Waals surface area contributed by atoms with E-state index in [4.69, 9.17) is 10.8 Å². The number of nitrogens with two attached hydrogens (primary N) is 1. The fraction of sp³-hybridized carbons (Fsp3) is 0.500. The number of aromatic hydroxyl groups is 1. The summed E-state index contributed by atoms with van der Waals surface area (Å²) < 4.78 is 0. The van der Waals surface area contributed by atoms with Gasteiger partial charge in [0.2, 0.25) is 11.8 Å². The Hall–Kier alpha value is -2.30. The normalized spacial score (nSPS) is 15.1. The average molecular weight is 413 g/mol. The Bertz CT molecular complexity index is 668. The number of carboxylic acid groups (broad SMARTS) is 1. The number of aliphatic hydroxyl groups is 1. The molecule has 156 valence electrons. The highest BCUT2D eigenvalue weighted by Gasteiger charge is 2.30. The Morgan fingerprint density at radius 2 is 1.75 bits per heavy atom. The summed E-state index contributed by atoms with van der Waals surface area (Å²) in [7, 11) is 0. The van der Waals surface area contributed by atoms with Crippen LogP contribution in [-0.4, -0.2) is 69.3 Å². The van der Waals surface area contributed by atoms with Gasteiger partial charge in [0.25, 0.3) is 0 Å². The Morgan fingerprint density at radius 3 is 2.25 bits per heavy atom. The number of hydrogen-bond acceptors (Lipinski definition) is 7. The van der Waals surface area contributed by atoms with E-state index in [0.29, 0.717) is 17.7 Å². The lowest BCUT2D eigenvalue weighted by atomic mass is 10.0. The van der Waals surface area contributed by atoms with Crippen molar-refractivity contribution >= 4 is 29.5 Å². The summed E-state index contributed by atoms with van der Waals surface area (Å²) in [4.78, 5) is 36.2. The smallest absolute Gasteiger partial charge is 0.328 e. The minimum absolute atomic E-state index is 0.0490. The Morgan fingerprint density at radius 1 is 1.14 bits per heavy atom. The van der Waals surface area contributed by atoms with Crippen molar-refractivity contribution in [2.45, 2.75) is 44.0 Å². The van der Waals surface area contributed by atoms with Gasteiger partial charge < -0.3 is 31.7 Å². The lowest BCUT2D eigenvalue weighted by Gasteiger charge is -2.24. The highest BCUT2D eigenvalue weighted by molar-refractivity contribution is 7.98. The number of rotatable bonds is 11. The van der Waals surface area contributed by atoms with Crippen LogP contribution in [0.25, 0.3) is 0 Å². The molecular formula is C18H27N3O6S. The predicted molar refractivity (Wildman–Crippen MR) is 106 cm³/mol. The molecule has 28 heavy (non-hydrogen) atoms. The van der Waals surface area contributed by atoms with Gasteiger partial charge in [0.15, 0.2) is 6.04 Å². The fourth-order valence-corrected chi connectivity index (χ4v) is 2.86. The third kappa shape index (κ3) is 7.75. The number of hydrogen-bond donors (Lipinski definition) is 6. The van der Waals surface area contributed by atoms with Crippen LogP contribution >= 0.6 is 11.8 Å². The lowest BCUT2D eigenvalue weighted by Crippen LogP contribution is -2.57. The third-order valence-corrected chi connectivity index (χ3v) is 4.67. The molecule has 0 spiro atoms. The number of carbonyl (C=O) groups excluding carboxylic acids is 2. The molecule has 10 heteroatoms. The first kappa shape index (κ1) is 23.7. The summed E-state index contributed by atoms with van der Waals surface area (Å²) in [6.07, 6.45) is 1.04. The van der Waals surface area contributed by atoms with Gasteiger partial charge in [-0.3, -0.25) is 9.59 Å². The molecule has 0 aliphatic carbocycles. The number of phenolic OH excluding ortho intramolecular Hbond substituents is 1. The van der Waals surface area contributed by atoms with Crippen LogP contribution in [-0.2, 0) is 20.8 Å². The number of aliphatic hydroxyl groups excluding tert-OH is 1. The molecule has 0 fully saturated rings. The summed E-state index contributed by atoms with van der Waals surface area (Å²) in [5.74, 6) is -1.96. The SMILES string of the molecule is CSCC[C@H](N)C(=O)N[C@@H](Cc1ccc(O)cc1)C(=O)N[C@H](C(=O)O)[C@@H](C)O. The van der Waals surface area contributed by atoms with Gasteiger partial charge in [-0.1, -0.05) is 12.1 Å². The number of thioether (sulfide) groups is 1. The van der Waals surface area contributed by atoms with Crippen LogP contribution in [0.3, 0.4) is 0 Å². The summed E-state index contributed by atoms with van der Waals surface area (Å²) in [6.45, 7) is 1.24. The van der Waals surface area contributed by atoms with E-state index in [-0.39, 0.29) is 12.2 Å². The number of carboxylic acids is 1. The van der Waals surface area contributed by atoms with E-state index in [1.54, 1.807) is 12.1 Å². The van der Waals surface area contributed by atoms with Crippen molar-refractivity contribution in [2.75, 3.05) is 12.0 Å². The van der Waals surface area contributed by atoms with E-state index < -0.39 is 42.0 Å². The first-order valence-corrected chi connectivity index (χ1v) is 10.1. The number of nitrogens with one attached hydrogen (secondary N) is 2. The predicted octanol–water partition coefficient (Wildman–Crippen LogP) is -0.550. The summed E-state index contributed by atoms with van der Waals surface area (Å²) >= 11 is 1.54. The van der Waals surface area contributed by atoms with Gasteiger partial charge in [-0.25, -0.2) is 4.79 Å². The number of carbonyl (C=O) groups is 3. The summed E-state index contributed by atoms with van der Waals surface area (Å²) in [5.41, 5.74) is 6.48. The van der Waals surface area contributed by atoms with Crippen LogP contribution in [0, 0.1) is 0 Å². The summed E-state index contributed by atoms with van der Waals surface area (Å²) in [6, 6.07) is 2.61. The van der Waals surface area contributed by atoms with E-state index >= 15 is 0 Å². The Balaban J connectivity index is 2.95. The first-order chi connectivity index (χ1) is 13.1. The zero-order valence-electron chi connectivity index (χ0n) is 15.8. The maximum Gasteiger partial charge on any atom is 0.328 e. The number of benzene rings is 1. The molecule has 7 N–H and O–H groups in total. The lowest BCUT2D eigenvalue weighted by molar-refractivity contribution is -0.145. The van der Waals surface area contributed by atoms with Crippen LogP contribution < -0.4 is 16.4 Å². The molecule has 0 bridgehead atoms. The van der Waals surface area contributed by atoms with Gasteiger partial charge in [-0.2, -0.15) is 11.8 Å². The largest absolute Gasteiger partial charge is 0.508 e. The second-order valence-corrected chi connectivity index (χ2v) is 7.37. The van der Waals surface area contributed by atoms with Gasteiger partial charge in [0.05, 0.1) is 12.1 Å². The van der Waals surface area contributed by atoms with E-state index in [1.807, 2.05) is 6.26 Å². The molecule has 0 unspecified atom stereocenters. The minimum atomic E-state index is -1.52. The van der Waals surface area contributed by atoms with E-state index in [2.05, 4.69) is 10.6 Å². The molecule has 9 nitrogen and oxygen atoms in total. The van der Waals surface area contributed by atoms with E-state index in [9.17, 15) is 24.6 Å². The van der Waals surface area contributed by atoms with E-state index in [1.165, 1.54) is 30.8 Å². The van der Waals surface area contributed by atoms with Crippen molar-refractivity contribution in [1.82, 2.24) is 10.6 Å². The van der Waals surface area contributed by atoms with E-state index in [0.717, 1.165) is 0 Å². The standard InChI is InChI=1S/C18H27N3O6S/c1-10(22)15(18(26)27)21-17(25)14(9-11-3-5-12(23)6-4-11)20-16(24)13(19)7-8-28-2/h3-6,10,13-15,22-23H,7-9,19H2,1-2H3,(H,20,24)(H,21,25)(H,26,27)/t10-,13+,14+,15+/m1/s1. The maximum atomic E-state index is 12.6. The van der Waals surface area contributed by atoms with Crippen LogP contribution in [0.2, 0.25) is 0 Å². The molecule has 4 atom stereocenters. The Labute approximate surface area is 167 Å². The van der Waals surface area contributed by atoms with Gasteiger partial charge in [0, 0.05) is 6.42 Å². The van der Waals surface area contributed by atoms with Gasteiger partial charge in [-0.15, -0.1) is 0 Å². The second-order valence-electron chi connectivity index (χ2n) is 6.38. The third-order valence-electron chi connectivity index (χ3n) is 4.03. The fourth-order valence-electron chi connectivity index (χ4n) is 2.37. The highest BCUT2D eigenvalue weighted by atomic mass is 32.2. The quantitative estimate of drug-likeness (QED) is 0.281. The molecule has 0 aliphatic rings.